The van der Waals surface area contributed by atoms with E-state index >= 15 is 0 Å². The number of para-hydroxylation sites is 1. The van der Waals surface area contributed by atoms with Crippen molar-refractivity contribution in [1.82, 2.24) is 9.97 Å². The minimum atomic E-state index is -0.166. The molecule has 27 heavy (non-hydrogen) atoms. The molecule has 1 amide bonds. The zero-order valence-corrected chi connectivity index (χ0v) is 14.8. The molecule has 0 unspecified atom stereocenters. The van der Waals surface area contributed by atoms with Gasteiger partial charge in [-0.1, -0.05) is 18.2 Å². The fourth-order valence-corrected chi connectivity index (χ4v) is 2.95. The summed E-state index contributed by atoms with van der Waals surface area (Å²) in [6.45, 7) is 0. The lowest BCUT2D eigenvalue weighted by Gasteiger charge is -2.11. The highest BCUT2D eigenvalue weighted by molar-refractivity contribution is 6.13. The number of hydrogen-bond acceptors (Lipinski definition) is 4. The Morgan fingerprint density at radius 3 is 2.33 bits per heavy atom. The second-order valence-corrected chi connectivity index (χ2v) is 6.09. The topological polar surface area (TPSA) is 66.9 Å². The molecule has 2 heterocycles. The summed E-state index contributed by atoms with van der Waals surface area (Å²) in [6, 6.07) is 20.8. The number of nitrogens with zero attached hydrogens (tertiary/aromatic N) is 2. The Kier molecular flexibility index (Phi) is 4.49. The zero-order chi connectivity index (χ0) is 18.6. The van der Waals surface area contributed by atoms with Gasteiger partial charge < -0.3 is 10.6 Å². The van der Waals surface area contributed by atoms with Crippen LogP contribution in [0.25, 0.3) is 22.2 Å². The van der Waals surface area contributed by atoms with E-state index in [0.717, 1.165) is 33.5 Å². The number of anilines is 2. The van der Waals surface area contributed by atoms with E-state index in [-0.39, 0.29) is 5.91 Å². The maximum atomic E-state index is 13.0. The number of fused-ring (bicyclic) bond motifs is 1. The SMILES string of the molecule is CNc1ccc(NC(=O)c2cc(-c3ccncc3)nc3ccccc23)cc1. The van der Waals surface area contributed by atoms with E-state index in [9.17, 15) is 4.79 Å². The Morgan fingerprint density at radius 2 is 1.59 bits per heavy atom. The molecule has 0 aliphatic rings. The average Bonchev–Trinajstić information content (AvgIpc) is 2.74. The number of carbonyl (C=O) groups excluding carboxylic acids is 1. The fraction of sp³-hybridized carbons (Fsp3) is 0.0455. The van der Waals surface area contributed by atoms with Crippen molar-refractivity contribution in [1.29, 1.82) is 0 Å². The summed E-state index contributed by atoms with van der Waals surface area (Å²) in [4.78, 5) is 21.7. The van der Waals surface area contributed by atoms with Gasteiger partial charge in [0.2, 0.25) is 0 Å². The minimum Gasteiger partial charge on any atom is -0.388 e. The van der Waals surface area contributed by atoms with E-state index in [2.05, 4.69) is 15.6 Å². The van der Waals surface area contributed by atoms with Crippen LogP contribution in [0.2, 0.25) is 0 Å². The first-order chi connectivity index (χ1) is 13.2. The minimum absolute atomic E-state index is 0.166. The molecule has 4 aromatic rings. The van der Waals surface area contributed by atoms with Crippen molar-refractivity contribution < 1.29 is 4.79 Å². The van der Waals surface area contributed by atoms with E-state index in [1.54, 1.807) is 12.4 Å². The summed E-state index contributed by atoms with van der Waals surface area (Å²) < 4.78 is 0. The quantitative estimate of drug-likeness (QED) is 0.562. The van der Waals surface area contributed by atoms with Crippen LogP contribution in [0.5, 0.6) is 0 Å². The summed E-state index contributed by atoms with van der Waals surface area (Å²) in [6.07, 6.45) is 3.44. The average molecular weight is 354 g/mol. The van der Waals surface area contributed by atoms with Crippen LogP contribution in [-0.4, -0.2) is 22.9 Å². The lowest BCUT2D eigenvalue weighted by Crippen LogP contribution is -2.13. The van der Waals surface area contributed by atoms with Crippen molar-refractivity contribution >= 4 is 28.2 Å². The molecule has 0 radical (unpaired) electrons. The van der Waals surface area contributed by atoms with Gasteiger partial charge in [0, 0.05) is 41.8 Å². The van der Waals surface area contributed by atoms with Gasteiger partial charge in [-0.15, -0.1) is 0 Å². The molecule has 4 rings (SSSR count). The summed E-state index contributed by atoms with van der Waals surface area (Å²) in [5.74, 6) is -0.166. The number of pyridine rings is 2. The third-order valence-electron chi connectivity index (χ3n) is 4.37. The van der Waals surface area contributed by atoms with Crippen LogP contribution in [0.1, 0.15) is 10.4 Å². The van der Waals surface area contributed by atoms with Crippen LogP contribution in [0.4, 0.5) is 11.4 Å². The summed E-state index contributed by atoms with van der Waals surface area (Å²) in [5, 5.41) is 6.86. The Morgan fingerprint density at radius 1 is 0.889 bits per heavy atom. The summed E-state index contributed by atoms with van der Waals surface area (Å²) in [5.41, 5.74) is 4.76. The van der Waals surface area contributed by atoms with E-state index < -0.39 is 0 Å². The predicted molar refractivity (Wildman–Crippen MR) is 109 cm³/mol. The van der Waals surface area contributed by atoms with Crippen LogP contribution >= 0.6 is 0 Å². The number of aromatic nitrogens is 2. The van der Waals surface area contributed by atoms with Crippen LogP contribution in [0.3, 0.4) is 0 Å². The van der Waals surface area contributed by atoms with Crippen LogP contribution in [0.15, 0.2) is 79.1 Å². The van der Waals surface area contributed by atoms with Crippen molar-refractivity contribution in [2.45, 2.75) is 0 Å². The van der Waals surface area contributed by atoms with Gasteiger partial charge in [-0.05, 0) is 48.5 Å². The van der Waals surface area contributed by atoms with E-state index in [1.807, 2.05) is 73.8 Å². The van der Waals surface area contributed by atoms with Gasteiger partial charge in [-0.25, -0.2) is 4.98 Å². The van der Waals surface area contributed by atoms with Gasteiger partial charge in [-0.2, -0.15) is 0 Å². The Labute approximate surface area is 157 Å². The van der Waals surface area contributed by atoms with E-state index in [0.29, 0.717) is 5.56 Å². The van der Waals surface area contributed by atoms with Gasteiger partial charge in [0.1, 0.15) is 0 Å². The molecule has 0 saturated carbocycles. The van der Waals surface area contributed by atoms with Gasteiger partial charge in [-0.3, -0.25) is 9.78 Å². The second kappa shape index (κ2) is 7.25. The Bertz CT molecular complexity index is 1090. The van der Waals surface area contributed by atoms with Crippen molar-refractivity contribution in [2.24, 2.45) is 0 Å². The van der Waals surface area contributed by atoms with Gasteiger partial charge >= 0.3 is 0 Å². The normalized spacial score (nSPS) is 10.6. The first-order valence-electron chi connectivity index (χ1n) is 8.64. The van der Waals surface area contributed by atoms with Crippen molar-refractivity contribution in [3.05, 3.63) is 84.7 Å². The standard InChI is InChI=1S/C22H18N4O/c1-23-16-6-8-17(9-7-16)25-22(27)19-14-21(15-10-12-24-13-11-15)26-20-5-3-2-4-18(19)20/h2-14,23H,1H3,(H,25,27). The molecule has 0 spiro atoms. The molecular weight excluding hydrogens is 336 g/mol. The summed E-state index contributed by atoms with van der Waals surface area (Å²) in [7, 11) is 1.86. The third kappa shape index (κ3) is 3.48. The largest absolute Gasteiger partial charge is 0.388 e. The summed E-state index contributed by atoms with van der Waals surface area (Å²) >= 11 is 0. The van der Waals surface area contributed by atoms with Crippen molar-refractivity contribution in [3.8, 4) is 11.3 Å². The third-order valence-corrected chi connectivity index (χ3v) is 4.37. The highest BCUT2D eigenvalue weighted by Gasteiger charge is 2.14. The zero-order valence-electron chi connectivity index (χ0n) is 14.8. The first-order valence-corrected chi connectivity index (χ1v) is 8.64. The van der Waals surface area contributed by atoms with Gasteiger partial charge in [0.25, 0.3) is 5.91 Å². The van der Waals surface area contributed by atoms with Crippen LogP contribution in [-0.2, 0) is 0 Å². The maximum Gasteiger partial charge on any atom is 0.256 e. The van der Waals surface area contributed by atoms with E-state index in [1.165, 1.54) is 0 Å². The number of rotatable bonds is 4. The molecule has 0 aliphatic carbocycles. The van der Waals surface area contributed by atoms with Crippen molar-refractivity contribution in [2.75, 3.05) is 17.7 Å². The molecule has 2 aromatic heterocycles. The fourth-order valence-electron chi connectivity index (χ4n) is 2.95. The number of benzene rings is 2. The van der Waals surface area contributed by atoms with Gasteiger partial charge in [0.05, 0.1) is 16.8 Å². The number of nitrogens with one attached hydrogen (secondary N) is 2. The van der Waals surface area contributed by atoms with Crippen molar-refractivity contribution in [3.63, 3.8) is 0 Å². The molecule has 132 valence electrons. The monoisotopic (exact) mass is 354 g/mol. The molecule has 0 fully saturated rings. The lowest BCUT2D eigenvalue weighted by molar-refractivity contribution is 0.102. The molecule has 5 nitrogen and oxygen atoms in total. The smallest absolute Gasteiger partial charge is 0.256 e. The Balaban J connectivity index is 1.75. The molecule has 0 bridgehead atoms. The highest BCUT2D eigenvalue weighted by atomic mass is 16.1. The molecule has 0 saturated heterocycles. The van der Waals surface area contributed by atoms with Crippen LogP contribution in [0, 0.1) is 0 Å². The Hall–Kier alpha value is -3.73. The molecule has 2 aromatic carbocycles. The molecule has 0 atom stereocenters. The number of hydrogen-bond donors (Lipinski definition) is 2. The molecular formula is C22H18N4O. The molecule has 0 aliphatic heterocycles. The molecule has 5 heteroatoms. The lowest BCUT2D eigenvalue weighted by atomic mass is 10.0. The number of amides is 1. The predicted octanol–water partition coefficient (Wildman–Crippen LogP) is 4.59. The highest BCUT2D eigenvalue weighted by Crippen LogP contribution is 2.25. The number of carbonyl (C=O) groups is 1. The van der Waals surface area contributed by atoms with E-state index in [4.69, 9.17) is 4.98 Å². The maximum absolute atomic E-state index is 13.0. The first kappa shape index (κ1) is 16.7. The molecule has 2 N–H and O–H groups in total. The van der Waals surface area contributed by atoms with Gasteiger partial charge in [0.15, 0.2) is 0 Å². The second-order valence-electron chi connectivity index (χ2n) is 6.09. The van der Waals surface area contributed by atoms with Crippen LogP contribution < -0.4 is 10.6 Å².